The monoisotopic (exact) mass is 265 g/mol. The SMILES string of the molecule is COc1cc(CC(O)c2sc(C)nc2C)ncn1. The highest BCUT2D eigenvalue weighted by molar-refractivity contribution is 7.11. The van der Waals surface area contributed by atoms with Crippen LogP contribution < -0.4 is 4.74 Å². The van der Waals surface area contributed by atoms with Crippen LogP contribution in [-0.4, -0.2) is 27.2 Å². The van der Waals surface area contributed by atoms with Crippen LogP contribution in [0.15, 0.2) is 12.4 Å². The molecule has 0 spiro atoms. The van der Waals surface area contributed by atoms with Gasteiger partial charge in [-0.15, -0.1) is 11.3 Å². The molecule has 2 rings (SSSR count). The van der Waals surface area contributed by atoms with Gasteiger partial charge in [-0.2, -0.15) is 0 Å². The Bertz CT molecular complexity index is 542. The van der Waals surface area contributed by atoms with Crippen molar-refractivity contribution in [3.63, 3.8) is 0 Å². The zero-order valence-electron chi connectivity index (χ0n) is 10.5. The molecule has 18 heavy (non-hydrogen) atoms. The minimum absolute atomic E-state index is 0.432. The molecule has 1 atom stereocenters. The summed E-state index contributed by atoms with van der Waals surface area (Å²) in [4.78, 5) is 13.3. The lowest BCUT2D eigenvalue weighted by molar-refractivity contribution is 0.180. The van der Waals surface area contributed by atoms with Crippen molar-refractivity contribution in [2.75, 3.05) is 7.11 Å². The zero-order valence-corrected chi connectivity index (χ0v) is 11.4. The van der Waals surface area contributed by atoms with E-state index in [0.717, 1.165) is 21.3 Å². The molecular formula is C12H15N3O2S. The second-order valence-corrected chi connectivity index (χ2v) is 5.19. The summed E-state index contributed by atoms with van der Waals surface area (Å²) in [6.45, 7) is 3.84. The summed E-state index contributed by atoms with van der Waals surface area (Å²) in [6, 6.07) is 1.73. The molecule has 0 saturated heterocycles. The average molecular weight is 265 g/mol. The van der Waals surface area contributed by atoms with Crippen molar-refractivity contribution in [3.05, 3.63) is 33.7 Å². The number of hydrogen-bond acceptors (Lipinski definition) is 6. The Morgan fingerprint density at radius 3 is 2.78 bits per heavy atom. The molecule has 1 N–H and O–H groups in total. The van der Waals surface area contributed by atoms with E-state index in [1.165, 1.54) is 17.7 Å². The van der Waals surface area contributed by atoms with E-state index >= 15 is 0 Å². The van der Waals surface area contributed by atoms with E-state index in [1.807, 2.05) is 13.8 Å². The highest BCUT2D eigenvalue weighted by Crippen LogP contribution is 2.27. The third kappa shape index (κ3) is 2.83. The van der Waals surface area contributed by atoms with Gasteiger partial charge in [0.1, 0.15) is 6.33 Å². The van der Waals surface area contributed by atoms with Crippen molar-refractivity contribution in [3.8, 4) is 5.88 Å². The third-order valence-electron chi connectivity index (χ3n) is 2.55. The fourth-order valence-corrected chi connectivity index (χ4v) is 2.66. The van der Waals surface area contributed by atoms with Crippen LogP contribution in [0.4, 0.5) is 0 Å². The van der Waals surface area contributed by atoms with Gasteiger partial charge in [0.25, 0.3) is 0 Å². The molecule has 0 aromatic carbocycles. The molecule has 96 valence electrons. The van der Waals surface area contributed by atoms with Gasteiger partial charge in [0.05, 0.1) is 34.5 Å². The number of aryl methyl sites for hydroxylation is 2. The number of rotatable bonds is 4. The van der Waals surface area contributed by atoms with Crippen molar-refractivity contribution in [2.24, 2.45) is 0 Å². The molecule has 0 amide bonds. The largest absolute Gasteiger partial charge is 0.481 e. The van der Waals surface area contributed by atoms with Gasteiger partial charge in [-0.05, 0) is 13.8 Å². The van der Waals surface area contributed by atoms with Crippen LogP contribution in [-0.2, 0) is 6.42 Å². The molecule has 0 bridgehead atoms. The Morgan fingerprint density at radius 2 is 2.17 bits per heavy atom. The molecule has 2 heterocycles. The fraction of sp³-hybridized carbons (Fsp3) is 0.417. The van der Waals surface area contributed by atoms with Crippen LogP contribution in [0.25, 0.3) is 0 Å². The summed E-state index contributed by atoms with van der Waals surface area (Å²) >= 11 is 1.52. The number of hydrogen-bond donors (Lipinski definition) is 1. The standard InChI is InChI=1S/C12H15N3O2S/c1-7-12(18-8(2)15-7)10(16)4-9-5-11(17-3)14-6-13-9/h5-6,10,16H,4H2,1-3H3. The first-order chi connectivity index (χ1) is 8.60. The van der Waals surface area contributed by atoms with E-state index in [2.05, 4.69) is 15.0 Å². The maximum atomic E-state index is 10.2. The molecule has 2 aromatic heterocycles. The summed E-state index contributed by atoms with van der Waals surface area (Å²) in [5.41, 5.74) is 1.63. The first kappa shape index (κ1) is 12.9. The minimum Gasteiger partial charge on any atom is -0.481 e. The van der Waals surface area contributed by atoms with Gasteiger partial charge in [0.2, 0.25) is 5.88 Å². The first-order valence-electron chi connectivity index (χ1n) is 5.57. The van der Waals surface area contributed by atoms with E-state index < -0.39 is 6.10 Å². The van der Waals surface area contributed by atoms with Crippen LogP contribution >= 0.6 is 11.3 Å². The molecule has 1 unspecified atom stereocenters. The molecule has 0 aliphatic heterocycles. The van der Waals surface area contributed by atoms with Crippen LogP contribution in [0.5, 0.6) is 5.88 Å². The maximum absolute atomic E-state index is 10.2. The van der Waals surface area contributed by atoms with E-state index in [9.17, 15) is 5.11 Å². The predicted molar refractivity (Wildman–Crippen MR) is 68.8 cm³/mol. The van der Waals surface area contributed by atoms with Gasteiger partial charge < -0.3 is 9.84 Å². The van der Waals surface area contributed by atoms with Gasteiger partial charge in [-0.25, -0.2) is 15.0 Å². The number of aliphatic hydroxyl groups is 1. The van der Waals surface area contributed by atoms with Crippen molar-refractivity contribution in [1.29, 1.82) is 0 Å². The molecule has 0 aliphatic rings. The molecule has 2 aromatic rings. The van der Waals surface area contributed by atoms with E-state index in [4.69, 9.17) is 4.74 Å². The van der Waals surface area contributed by atoms with E-state index in [1.54, 1.807) is 13.2 Å². The number of methoxy groups -OCH3 is 1. The Labute approximate surface area is 110 Å². The summed E-state index contributed by atoms with van der Waals surface area (Å²) in [7, 11) is 1.55. The van der Waals surface area contributed by atoms with Crippen LogP contribution in [0.2, 0.25) is 0 Å². The Hall–Kier alpha value is -1.53. The van der Waals surface area contributed by atoms with Crippen LogP contribution in [0.1, 0.15) is 27.4 Å². The highest BCUT2D eigenvalue weighted by Gasteiger charge is 2.16. The number of nitrogens with zero attached hydrogens (tertiary/aromatic N) is 3. The Morgan fingerprint density at radius 1 is 1.39 bits per heavy atom. The van der Waals surface area contributed by atoms with Crippen molar-refractivity contribution >= 4 is 11.3 Å². The summed E-state index contributed by atoms with van der Waals surface area (Å²) in [5.74, 6) is 0.504. The molecule has 0 radical (unpaired) electrons. The van der Waals surface area contributed by atoms with Crippen molar-refractivity contribution in [1.82, 2.24) is 15.0 Å². The molecular weight excluding hydrogens is 250 g/mol. The second kappa shape index (κ2) is 5.41. The quantitative estimate of drug-likeness (QED) is 0.913. The Balaban J connectivity index is 2.15. The molecule has 5 nitrogen and oxygen atoms in total. The van der Waals surface area contributed by atoms with Crippen molar-refractivity contribution < 1.29 is 9.84 Å². The Kier molecular flexibility index (Phi) is 3.88. The van der Waals surface area contributed by atoms with Gasteiger partial charge in [0, 0.05) is 12.5 Å². The topological polar surface area (TPSA) is 68.1 Å². The smallest absolute Gasteiger partial charge is 0.216 e. The van der Waals surface area contributed by atoms with Gasteiger partial charge in [-0.3, -0.25) is 0 Å². The number of aliphatic hydroxyl groups excluding tert-OH is 1. The molecule has 0 fully saturated rings. The van der Waals surface area contributed by atoms with E-state index in [0.29, 0.717) is 12.3 Å². The third-order valence-corrected chi connectivity index (χ3v) is 3.73. The zero-order chi connectivity index (χ0) is 13.1. The van der Waals surface area contributed by atoms with E-state index in [-0.39, 0.29) is 0 Å². The number of ether oxygens (including phenoxy) is 1. The maximum Gasteiger partial charge on any atom is 0.216 e. The van der Waals surface area contributed by atoms with Gasteiger partial charge in [-0.1, -0.05) is 0 Å². The predicted octanol–water partition coefficient (Wildman–Crippen LogP) is 1.83. The first-order valence-corrected chi connectivity index (χ1v) is 6.38. The highest BCUT2D eigenvalue weighted by atomic mass is 32.1. The number of aromatic nitrogens is 3. The van der Waals surface area contributed by atoms with Crippen LogP contribution in [0, 0.1) is 13.8 Å². The molecule has 6 heteroatoms. The minimum atomic E-state index is -0.587. The number of thiazole rings is 1. The molecule has 0 saturated carbocycles. The second-order valence-electron chi connectivity index (χ2n) is 3.95. The lowest BCUT2D eigenvalue weighted by Gasteiger charge is -2.09. The molecule has 0 aliphatic carbocycles. The average Bonchev–Trinajstić information content (AvgIpc) is 2.69. The summed E-state index contributed by atoms with van der Waals surface area (Å²) < 4.78 is 5.03. The lowest BCUT2D eigenvalue weighted by atomic mass is 10.1. The summed E-state index contributed by atoms with van der Waals surface area (Å²) in [5, 5.41) is 11.2. The van der Waals surface area contributed by atoms with Crippen LogP contribution in [0.3, 0.4) is 0 Å². The van der Waals surface area contributed by atoms with Gasteiger partial charge in [0.15, 0.2) is 0 Å². The van der Waals surface area contributed by atoms with Crippen molar-refractivity contribution in [2.45, 2.75) is 26.4 Å². The lowest BCUT2D eigenvalue weighted by Crippen LogP contribution is -2.04. The van der Waals surface area contributed by atoms with Gasteiger partial charge >= 0.3 is 0 Å². The fourth-order valence-electron chi connectivity index (χ4n) is 1.75. The normalized spacial score (nSPS) is 12.4. The summed E-state index contributed by atoms with van der Waals surface area (Å²) in [6.07, 6.45) is 1.28.